The van der Waals surface area contributed by atoms with E-state index >= 15 is 0 Å². The topological polar surface area (TPSA) is 72.8 Å². The van der Waals surface area contributed by atoms with Gasteiger partial charge in [-0.2, -0.15) is 0 Å². The summed E-state index contributed by atoms with van der Waals surface area (Å²) >= 11 is 0. The minimum absolute atomic E-state index is 0.00691. The summed E-state index contributed by atoms with van der Waals surface area (Å²) in [5.41, 5.74) is -0.167. The number of hydrogen-bond donors (Lipinski definition) is 3. The Morgan fingerprint density at radius 3 is 2.62 bits per heavy atom. The number of carbonyl (C=O) groups excluding carboxylic acids is 1. The lowest BCUT2D eigenvalue weighted by molar-refractivity contribution is -0.148. The maximum Gasteiger partial charge on any atom is 0.227 e. The lowest BCUT2D eigenvalue weighted by Crippen LogP contribution is -2.61. The van der Waals surface area contributed by atoms with Crippen LogP contribution in [0.5, 0.6) is 0 Å². The van der Waals surface area contributed by atoms with Crippen molar-refractivity contribution in [1.29, 1.82) is 0 Å². The molecule has 2 atom stereocenters. The SMILES string of the molecule is O=C(Cc1ccccc1)N1CC[C@](O)(CNCC2CCCCC2)[C@@H](O)C1. The molecule has 0 bridgehead atoms. The number of piperidine rings is 1. The number of carbonyl (C=O) groups is 1. The van der Waals surface area contributed by atoms with E-state index in [1.807, 2.05) is 30.3 Å². The molecule has 0 unspecified atom stereocenters. The van der Waals surface area contributed by atoms with Gasteiger partial charge in [0, 0.05) is 19.6 Å². The van der Waals surface area contributed by atoms with Crippen LogP contribution in [0.15, 0.2) is 30.3 Å². The fourth-order valence-electron chi connectivity index (χ4n) is 4.16. The van der Waals surface area contributed by atoms with Crippen molar-refractivity contribution in [3.8, 4) is 0 Å². The molecule has 1 aliphatic carbocycles. The average Bonchev–Trinajstić information content (AvgIpc) is 2.66. The molecule has 3 rings (SSSR count). The zero-order valence-electron chi connectivity index (χ0n) is 15.6. The van der Waals surface area contributed by atoms with Crippen LogP contribution in [0.3, 0.4) is 0 Å². The Morgan fingerprint density at radius 2 is 1.92 bits per heavy atom. The molecule has 0 aromatic heterocycles. The summed E-state index contributed by atoms with van der Waals surface area (Å²) in [5.74, 6) is 0.699. The highest BCUT2D eigenvalue weighted by Gasteiger charge is 2.41. The predicted octanol–water partition coefficient (Wildman–Crippen LogP) is 1.72. The summed E-state index contributed by atoms with van der Waals surface area (Å²) in [4.78, 5) is 14.1. The number of aliphatic hydroxyl groups is 2. The fourth-order valence-corrected chi connectivity index (χ4v) is 4.16. The van der Waals surface area contributed by atoms with Gasteiger partial charge >= 0.3 is 0 Å². The molecule has 5 heteroatoms. The van der Waals surface area contributed by atoms with Gasteiger partial charge in [-0.3, -0.25) is 4.79 Å². The third kappa shape index (κ3) is 5.06. The molecule has 144 valence electrons. The van der Waals surface area contributed by atoms with Crippen LogP contribution < -0.4 is 5.32 Å². The molecule has 26 heavy (non-hydrogen) atoms. The highest BCUT2D eigenvalue weighted by atomic mass is 16.3. The second-order valence-corrected chi connectivity index (χ2v) is 8.01. The third-order valence-electron chi connectivity index (χ3n) is 5.97. The Morgan fingerprint density at radius 1 is 1.19 bits per heavy atom. The molecular weight excluding hydrogens is 328 g/mol. The lowest BCUT2D eigenvalue weighted by Gasteiger charge is -2.42. The predicted molar refractivity (Wildman–Crippen MR) is 102 cm³/mol. The normalized spacial score (nSPS) is 27.5. The second-order valence-electron chi connectivity index (χ2n) is 8.01. The molecular formula is C21H32N2O3. The van der Waals surface area contributed by atoms with Crippen LogP contribution in [0.25, 0.3) is 0 Å². The lowest BCUT2D eigenvalue weighted by atomic mass is 9.86. The van der Waals surface area contributed by atoms with E-state index in [1.165, 1.54) is 32.1 Å². The number of nitrogens with zero attached hydrogens (tertiary/aromatic N) is 1. The number of aliphatic hydroxyl groups excluding tert-OH is 1. The smallest absolute Gasteiger partial charge is 0.227 e. The quantitative estimate of drug-likeness (QED) is 0.722. The van der Waals surface area contributed by atoms with Gasteiger partial charge in [-0.05, 0) is 37.3 Å². The van der Waals surface area contributed by atoms with Gasteiger partial charge in [0.1, 0.15) is 11.7 Å². The molecule has 2 aliphatic rings. The summed E-state index contributed by atoms with van der Waals surface area (Å²) in [5, 5.41) is 24.6. The summed E-state index contributed by atoms with van der Waals surface area (Å²) in [6.07, 6.45) is 6.31. The first-order chi connectivity index (χ1) is 12.6. The van der Waals surface area contributed by atoms with Crippen molar-refractivity contribution in [2.45, 2.75) is 56.7 Å². The highest BCUT2D eigenvalue weighted by Crippen LogP contribution is 2.25. The van der Waals surface area contributed by atoms with Gasteiger partial charge in [-0.25, -0.2) is 0 Å². The zero-order valence-corrected chi connectivity index (χ0v) is 15.6. The highest BCUT2D eigenvalue weighted by molar-refractivity contribution is 5.79. The summed E-state index contributed by atoms with van der Waals surface area (Å²) < 4.78 is 0. The van der Waals surface area contributed by atoms with Gasteiger partial charge < -0.3 is 20.4 Å². The molecule has 5 nitrogen and oxygen atoms in total. The largest absolute Gasteiger partial charge is 0.388 e. The van der Waals surface area contributed by atoms with Crippen LogP contribution in [0, 0.1) is 5.92 Å². The Hall–Kier alpha value is -1.43. The molecule has 0 spiro atoms. The van der Waals surface area contributed by atoms with E-state index < -0.39 is 11.7 Å². The number of β-amino-alcohol motifs (C(OH)–C–C–N with tert-alkyl or cyclic N) is 1. The molecule has 1 aromatic carbocycles. The third-order valence-corrected chi connectivity index (χ3v) is 5.97. The van der Waals surface area contributed by atoms with Gasteiger partial charge in [0.25, 0.3) is 0 Å². The molecule has 0 radical (unpaired) electrons. The van der Waals surface area contributed by atoms with Crippen LogP contribution in [0.4, 0.5) is 0 Å². The van der Waals surface area contributed by atoms with Gasteiger partial charge in [0.05, 0.1) is 6.42 Å². The van der Waals surface area contributed by atoms with Gasteiger partial charge in [0.15, 0.2) is 0 Å². The summed E-state index contributed by atoms with van der Waals surface area (Å²) in [7, 11) is 0. The van der Waals surface area contributed by atoms with Crippen molar-refractivity contribution in [2.24, 2.45) is 5.92 Å². The maximum absolute atomic E-state index is 12.5. The van der Waals surface area contributed by atoms with E-state index in [0.717, 1.165) is 12.1 Å². The van der Waals surface area contributed by atoms with Crippen LogP contribution >= 0.6 is 0 Å². The van der Waals surface area contributed by atoms with E-state index in [1.54, 1.807) is 4.90 Å². The van der Waals surface area contributed by atoms with Crippen molar-refractivity contribution >= 4 is 5.91 Å². The number of nitrogens with one attached hydrogen (secondary N) is 1. The Kier molecular flexibility index (Phi) is 6.68. The van der Waals surface area contributed by atoms with Crippen molar-refractivity contribution < 1.29 is 15.0 Å². The van der Waals surface area contributed by atoms with E-state index in [9.17, 15) is 15.0 Å². The Labute approximate surface area is 156 Å². The standard InChI is InChI=1S/C21H32N2O3/c24-19-15-23(20(25)13-17-7-3-1-4-8-17)12-11-21(19,26)16-22-14-18-9-5-2-6-10-18/h1,3-4,7-8,18-19,22,24,26H,2,5-6,9-16H2/t19-,21-/m0/s1. The van der Waals surface area contributed by atoms with E-state index in [2.05, 4.69) is 5.32 Å². The van der Waals surface area contributed by atoms with Crippen molar-refractivity contribution in [3.63, 3.8) is 0 Å². The first-order valence-corrected chi connectivity index (χ1v) is 10.00. The number of hydrogen-bond acceptors (Lipinski definition) is 4. The van der Waals surface area contributed by atoms with Crippen LogP contribution in [-0.2, 0) is 11.2 Å². The van der Waals surface area contributed by atoms with Crippen LogP contribution in [-0.4, -0.2) is 58.9 Å². The number of benzene rings is 1. The van der Waals surface area contributed by atoms with Gasteiger partial charge in [0.2, 0.25) is 5.91 Å². The van der Waals surface area contributed by atoms with Crippen molar-refractivity contribution in [3.05, 3.63) is 35.9 Å². The molecule has 1 saturated heterocycles. The Bertz CT molecular complexity index is 574. The minimum atomic E-state index is -1.14. The molecule has 1 aromatic rings. The number of amides is 1. The van der Waals surface area contributed by atoms with E-state index in [0.29, 0.717) is 31.8 Å². The molecule has 1 saturated carbocycles. The second kappa shape index (κ2) is 8.98. The van der Waals surface area contributed by atoms with Gasteiger partial charge in [-0.1, -0.05) is 49.6 Å². The van der Waals surface area contributed by atoms with Crippen LogP contribution in [0.2, 0.25) is 0 Å². The molecule has 1 aliphatic heterocycles. The zero-order chi connectivity index (χ0) is 18.4. The number of rotatable bonds is 6. The van der Waals surface area contributed by atoms with E-state index in [4.69, 9.17) is 0 Å². The molecule has 1 amide bonds. The molecule has 2 fully saturated rings. The van der Waals surface area contributed by atoms with Gasteiger partial charge in [-0.15, -0.1) is 0 Å². The first-order valence-electron chi connectivity index (χ1n) is 10.00. The monoisotopic (exact) mass is 360 g/mol. The first kappa shape index (κ1) is 19.3. The van der Waals surface area contributed by atoms with Crippen molar-refractivity contribution in [1.82, 2.24) is 10.2 Å². The summed E-state index contributed by atoms with van der Waals surface area (Å²) in [6, 6.07) is 9.64. The fraction of sp³-hybridized carbons (Fsp3) is 0.667. The number of likely N-dealkylation sites (tertiary alicyclic amines) is 1. The summed E-state index contributed by atoms with van der Waals surface area (Å²) in [6.45, 7) is 1.99. The van der Waals surface area contributed by atoms with Crippen LogP contribution in [0.1, 0.15) is 44.1 Å². The molecule has 3 N–H and O–H groups in total. The van der Waals surface area contributed by atoms with Crippen molar-refractivity contribution in [2.75, 3.05) is 26.2 Å². The average molecular weight is 360 g/mol. The minimum Gasteiger partial charge on any atom is -0.388 e. The Balaban J connectivity index is 1.45. The maximum atomic E-state index is 12.5. The van der Waals surface area contributed by atoms with E-state index in [-0.39, 0.29) is 12.5 Å². The molecule has 1 heterocycles.